The molecule has 0 amide bonds. The maximum atomic E-state index is 5.29. The molecule has 0 aromatic carbocycles. The third-order valence-corrected chi connectivity index (χ3v) is 1.18. The van der Waals surface area contributed by atoms with E-state index >= 15 is 0 Å². The maximum Gasteiger partial charge on any atom is 0.0113 e. The van der Waals surface area contributed by atoms with Gasteiger partial charge in [-0.2, -0.15) is 12.6 Å². The second kappa shape index (κ2) is 6.39. The third-order valence-electron chi connectivity index (χ3n) is 0.997. The molecule has 0 radical (unpaired) electrons. The Kier molecular flexibility index (Phi) is 6.58. The van der Waals surface area contributed by atoms with Gasteiger partial charge in [0.25, 0.3) is 0 Å². The van der Waals surface area contributed by atoms with Gasteiger partial charge < -0.3 is 11.1 Å². The van der Waals surface area contributed by atoms with Gasteiger partial charge in [0.15, 0.2) is 0 Å². The van der Waals surface area contributed by atoms with Gasteiger partial charge in [-0.3, -0.25) is 0 Å². The van der Waals surface area contributed by atoms with Crippen LogP contribution in [-0.2, 0) is 0 Å². The van der Waals surface area contributed by atoms with Gasteiger partial charge in [0.2, 0.25) is 0 Å². The van der Waals surface area contributed by atoms with Crippen LogP contribution in [-0.4, -0.2) is 24.9 Å². The second-order valence-corrected chi connectivity index (χ2v) is 3.08. The van der Waals surface area contributed by atoms with E-state index in [1.807, 2.05) is 0 Å². The molecular formula is C6H16N2S. The van der Waals surface area contributed by atoms with E-state index in [0.29, 0.717) is 5.25 Å². The molecule has 0 bridgehead atoms. The Balaban J connectivity index is 2.75. The lowest BCUT2D eigenvalue weighted by Gasteiger charge is -2.04. The van der Waals surface area contributed by atoms with Crippen molar-refractivity contribution in [1.29, 1.82) is 0 Å². The van der Waals surface area contributed by atoms with Crippen LogP contribution in [0.5, 0.6) is 0 Å². The van der Waals surface area contributed by atoms with Gasteiger partial charge >= 0.3 is 0 Å². The van der Waals surface area contributed by atoms with E-state index in [4.69, 9.17) is 5.73 Å². The van der Waals surface area contributed by atoms with E-state index in [1.54, 1.807) is 0 Å². The van der Waals surface area contributed by atoms with Crippen molar-refractivity contribution in [1.82, 2.24) is 5.32 Å². The summed E-state index contributed by atoms with van der Waals surface area (Å²) in [7, 11) is 0. The van der Waals surface area contributed by atoms with Crippen LogP contribution in [0.25, 0.3) is 0 Å². The molecule has 1 unspecified atom stereocenters. The van der Waals surface area contributed by atoms with E-state index in [9.17, 15) is 0 Å². The molecule has 0 aliphatic rings. The summed E-state index contributed by atoms with van der Waals surface area (Å²) >= 11 is 4.21. The van der Waals surface area contributed by atoms with Crippen molar-refractivity contribution in [3.63, 3.8) is 0 Å². The summed E-state index contributed by atoms with van der Waals surface area (Å²) in [6, 6.07) is 0. The summed E-state index contributed by atoms with van der Waals surface area (Å²) in [5.74, 6) is 0. The predicted octanol–water partition coefficient (Wildman–Crippen LogP) is 0.243. The summed E-state index contributed by atoms with van der Waals surface area (Å²) < 4.78 is 0. The summed E-state index contributed by atoms with van der Waals surface area (Å²) in [5.41, 5.74) is 5.29. The summed E-state index contributed by atoms with van der Waals surface area (Å²) in [6.45, 7) is 4.83. The average molecular weight is 148 g/mol. The molecule has 0 aromatic heterocycles. The number of nitrogens with two attached hydrogens (primary N) is 1. The Morgan fingerprint density at radius 1 is 1.67 bits per heavy atom. The zero-order valence-electron chi connectivity index (χ0n) is 5.93. The molecule has 0 heterocycles. The van der Waals surface area contributed by atoms with E-state index in [1.165, 1.54) is 0 Å². The highest BCUT2D eigenvalue weighted by molar-refractivity contribution is 7.80. The molecule has 9 heavy (non-hydrogen) atoms. The minimum absolute atomic E-state index is 0.447. The van der Waals surface area contributed by atoms with E-state index < -0.39 is 0 Å². The Morgan fingerprint density at radius 2 is 2.33 bits per heavy atom. The first-order chi connectivity index (χ1) is 4.27. The lowest BCUT2D eigenvalue weighted by atomic mass is 10.4. The maximum absolute atomic E-state index is 5.29. The van der Waals surface area contributed by atoms with E-state index in [2.05, 4.69) is 24.9 Å². The highest BCUT2D eigenvalue weighted by Gasteiger charge is 1.90. The first-order valence-electron chi connectivity index (χ1n) is 3.36. The van der Waals surface area contributed by atoms with Crippen molar-refractivity contribution in [2.75, 3.05) is 19.6 Å². The molecule has 0 fully saturated rings. The van der Waals surface area contributed by atoms with Crippen LogP contribution in [0.2, 0.25) is 0 Å². The fraction of sp³-hybridized carbons (Fsp3) is 1.00. The van der Waals surface area contributed by atoms with Crippen molar-refractivity contribution >= 4 is 12.6 Å². The number of thiol groups is 1. The Labute approximate surface area is 62.6 Å². The van der Waals surface area contributed by atoms with Crippen molar-refractivity contribution in [2.45, 2.75) is 18.6 Å². The molecule has 3 N–H and O–H groups in total. The Bertz CT molecular complexity index is 57.0. The van der Waals surface area contributed by atoms with Crippen LogP contribution >= 0.6 is 12.6 Å². The fourth-order valence-electron chi connectivity index (χ4n) is 0.538. The number of hydrogen-bond donors (Lipinski definition) is 3. The zero-order chi connectivity index (χ0) is 7.11. The van der Waals surface area contributed by atoms with Gasteiger partial charge in [-0.25, -0.2) is 0 Å². The van der Waals surface area contributed by atoms with Crippen LogP contribution in [0.15, 0.2) is 0 Å². The quantitative estimate of drug-likeness (QED) is 0.386. The van der Waals surface area contributed by atoms with Crippen molar-refractivity contribution in [3.05, 3.63) is 0 Å². The third kappa shape index (κ3) is 8.27. The van der Waals surface area contributed by atoms with E-state index in [0.717, 1.165) is 26.1 Å². The van der Waals surface area contributed by atoms with Gasteiger partial charge in [-0.05, 0) is 19.5 Å². The minimum Gasteiger partial charge on any atom is -0.330 e. The SMILES string of the molecule is CC(S)CNCCCN. The minimum atomic E-state index is 0.447. The lowest BCUT2D eigenvalue weighted by molar-refractivity contribution is 0.652. The second-order valence-electron chi connectivity index (χ2n) is 2.20. The first kappa shape index (κ1) is 9.27. The number of rotatable bonds is 5. The summed E-state index contributed by atoms with van der Waals surface area (Å²) in [4.78, 5) is 0. The molecule has 1 atom stereocenters. The van der Waals surface area contributed by atoms with Gasteiger partial charge in [-0.1, -0.05) is 6.92 Å². The highest BCUT2D eigenvalue weighted by Crippen LogP contribution is 1.87. The molecule has 0 aliphatic heterocycles. The molecule has 0 aliphatic carbocycles. The van der Waals surface area contributed by atoms with Crippen molar-refractivity contribution in [3.8, 4) is 0 Å². The molecule has 0 saturated carbocycles. The van der Waals surface area contributed by atoms with Crippen molar-refractivity contribution < 1.29 is 0 Å². The first-order valence-corrected chi connectivity index (χ1v) is 3.88. The summed E-state index contributed by atoms with van der Waals surface area (Å²) in [6.07, 6.45) is 1.06. The monoisotopic (exact) mass is 148 g/mol. The molecule has 0 spiro atoms. The highest BCUT2D eigenvalue weighted by atomic mass is 32.1. The predicted molar refractivity (Wildman–Crippen MR) is 45.0 cm³/mol. The van der Waals surface area contributed by atoms with Gasteiger partial charge in [0.1, 0.15) is 0 Å². The van der Waals surface area contributed by atoms with Crippen molar-refractivity contribution in [2.24, 2.45) is 5.73 Å². The van der Waals surface area contributed by atoms with Crippen LogP contribution < -0.4 is 11.1 Å². The normalized spacial score (nSPS) is 13.7. The lowest BCUT2D eigenvalue weighted by Crippen LogP contribution is -2.23. The number of nitrogens with one attached hydrogen (secondary N) is 1. The summed E-state index contributed by atoms with van der Waals surface area (Å²) in [5, 5.41) is 3.68. The molecular weight excluding hydrogens is 132 g/mol. The smallest absolute Gasteiger partial charge is 0.0113 e. The molecule has 56 valence electrons. The molecule has 0 saturated heterocycles. The van der Waals surface area contributed by atoms with Crippen LogP contribution in [0.3, 0.4) is 0 Å². The van der Waals surface area contributed by atoms with Crippen LogP contribution in [0.4, 0.5) is 0 Å². The molecule has 2 nitrogen and oxygen atoms in total. The number of hydrogen-bond acceptors (Lipinski definition) is 3. The van der Waals surface area contributed by atoms with E-state index in [-0.39, 0.29) is 0 Å². The Morgan fingerprint density at radius 3 is 2.78 bits per heavy atom. The Hall–Kier alpha value is 0.270. The van der Waals surface area contributed by atoms with Gasteiger partial charge in [0, 0.05) is 11.8 Å². The van der Waals surface area contributed by atoms with Gasteiger partial charge in [0.05, 0.1) is 0 Å². The van der Waals surface area contributed by atoms with Crippen LogP contribution in [0, 0.1) is 0 Å². The largest absolute Gasteiger partial charge is 0.330 e. The topological polar surface area (TPSA) is 38.0 Å². The molecule has 3 heteroatoms. The fourth-order valence-corrected chi connectivity index (χ4v) is 0.667. The zero-order valence-corrected chi connectivity index (χ0v) is 6.82. The standard InChI is InChI=1S/C6H16N2S/c1-6(9)5-8-4-2-3-7/h6,8-9H,2-5,7H2,1H3. The molecule has 0 rings (SSSR count). The average Bonchev–Trinajstić information content (AvgIpc) is 1.80. The van der Waals surface area contributed by atoms with Crippen LogP contribution in [0.1, 0.15) is 13.3 Å². The van der Waals surface area contributed by atoms with Gasteiger partial charge in [-0.15, -0.1) is 0 Å². The molecule has 0 aromatic rings.